The molecule has 2 aromatic carbocycles. The van der Waals surface area contributed by atoms with E-state index >= 15 is 0 Å². The number of nitrogens with zero attached hydrogens (tertiary/aromatic N) is 1. The quantitative estimate of drug-likeness (QED) is 0.449. The molecule has 0 saturated heterocycles. The zero-order valence-corrected chi connectivity index (χ0v) is 18.4. The fourth-order valence-electron chi connectivity index (χ4n) is 2.44. The summed E-state index contributed by atoms with van der Waals surface area (Å²) in [6.45, 7) is 7.99. The van der Waals surface area contributed by atoms with E-state index in [4.69, 9.17) is 4.74 Å². The van der Waals surface area contributed by atoms with Crippen molar-refractivity contribution >= 4 is 44.0 Å². The van der Waals surface area contributed by atoms with Crippen LogP contribution < -0.4 is 10.2 Å². The van der Waals surface area contributed by atoms with Crippen molar-refractivity contribution < 1.29 is 9.53 Å². The lowest BCUT2D eigenvalue weighted by atomic mass is 10.0. The minimum atomic E-state index is -0.147. The van der Waals surface area contributed by atoms with Crippen LogP contribution in [0.1, 0.15) is 36.1 Å². The lowest BCUT2D eigenvalue weighted by molar-refractivity contribution is -0.120. The molecule has 0 atom stereocenters. The first kappa shape index (κ1) is 20.6. The van der Waals surface area contributed by atoms with E-state index in [2.05, 4.69) is 48.5 Å². The van der Waals surface area contributed by atoms with Gasteiger partial charge in [-0.2, -0.15) is 5.10 Å². The summed E-state index contributed by atoms with van der Waals surface area (Å²) in [5.74, 6) is 0.599. The number of benzene rings is 2. The molecular weight excluding hydrogens is 460 g/mol. The molecule has 2 aromatic rings. The zero-order chi connectivity index (χ0) is 19.3. The number of carbonyl (C=O) groups excluding carboxylic acids is 1. The molecule has 4 nitrogen and oxygen atoms in total. The minimum absolute atomic E-state index is 0.0756. The molecule has 0 fully saturated rings. The summed E-state index contributed by atoms with van der Waals surface area (Å²) < 4.78 is 7.40. The zero-order valence-electron chi connectivity index (χ0n) is 15.3. The summed E-state index contributed by atoms with van der Waals surface area (Å²) in [6.07, 6.45) is 1.98. The predicted octanol–water partition coefficient (Wildman–Crippen LogP) is 5.31. The number of amides is 1. The van der Waals surface area contributed by atoms with E-state index in [9.17, 15) is 4.79 Å². The third-order valence-electron chi connectivity index (χ3n) is 3.63. The van der Waals surface area contributed by atoms with E-state index in [-0.39, 0.29) is 12.0 Å². The summed E-state index contributed by atoms with van der Waals surface area (Å²) in [5, 5.41) is 4.05. The van der Waals surface area contributed by atoms with Crippen molar-refractivity contribution in [1.82, 2.24) is 5.43 Å². The molecule has 1 N–H and O–H groups in total. The highest BCUT2D eigenvalue weighted by atomic mass is 79.9. The number of nitrogens with one attached hydrogen (secondary N) is 1. The van der Waals surface area contributed by atoms with Crippen LogP contribution in [-0.4, -0.2) is 18.2 Å². The Balaban J connectivity index is 2.00. The highest BCUT2D eigenvalue weighted by molar-refractivity contribution is 9.11. The maximum absolute atomic E-state index is 12.1. The molecule has 6 heteroatoms. The number of aryl methyl sites for hydroxylation is 2. The van der Waals surface area contributed by atoms with Crippen molar-refractivity contribution in [3.05, 3.63) is 61.5 Å². The van der Waals surface area contributed by atoms with E-state index in [0.29, 0.717) is 6.42 Å². The molecule has 0 aromatic heterocycles. The van der Waals surface area contributed by atoms with Gasteiger partial charge in [0, 0.05) is 0 Å². The number of rotatable bonds is 6. The maximum Gasteiger partial charge on any atom is 0.244 e. The van der Waals surface area contributed by atoms with Gasteiger partial charge in [0.2, 0.25) is 5.91 Å². The lowest BCUT2D eigenvalue weighted by Crippen LogP contribution is -2.20. The summed E-state index contributed by atoms with van der Waals surface area (Å²) in [6, 6.07) is 9.84. The van der Waals surface area contributed by atoms with Gasteiger partial charge in [0.15, 0.2) is 0 Å². The smallest absolute Gasteiger partial charge is 0.244 e. The normalized spacial score (nSPS) is 11.2. The van der Waals surface area contributed by atoms with Gasteiger partial charge in [0.05, 0.1) is 27.7 Å². The second kappa shape index (κ2) is 9.33. The van der Waals surface area contributed by atoms with Crippen LogP contribution in [0.5, 0.6) is 5.75 Å². The van der Waals surface area contributed by atoms with Crippen LogP contribution in [-0.2, 0) is 11.2 Å². The van der Waals surface area contributed by atoms with Gasteiger partial charge in [-0.3, -0.25) is 4.79 Å². The van der Waals surface area contributed by atoms with Crippen LogP contribution in [0.3, 0.4) is 0 Å². The fraction of sp³-hybridized carbons (Fsp3) is 0.300. The molecule has 0 heterocycles. The Morgan fingerprint density at radius 2 is 1.85 bits per heavy atom. The third-order valence-corrected chi connectivity index (χ3v) is 4.80. The average molecular weight is 482 g/mol. The van der Waals surface area contributed by atoms with Crippen molar-refractivity contribution in [2.24, 2.45) is 5.10 Å². The Hall–Kier alpha value is -1.66. The molecule has 26 heavy (non-hydrogen) atoms. The van der Waals surface area contributed by atoms with Crippen LogP contribution in [0.25, 0.3) is 0 Å². The van der Waals surface area contributed by atoms with E-state index in [1.54, 1.807) is 6.21 Å². The second-order valence-electron chi connectivity index (χ2n) is 6.38. The number of hydrogen-bond acceptors (Lipinski definition) is 3. The lowest BCUT2D eigenvalue weighted by Gasteiger charge is -2.13. The Morgan fingerprint density at radius 1 is 1.19 bits per heavy atom. The Kier molecular flexibility index (Phi) is 7.41. The standard InChI is InChI=1S/C20H22Br2N2O2/c1-12(2)26-20-17(21)8-15(9-18(20)22)11-23-24-19(25)10-16-6-5-13(3)7-14(16)4/h5-9,11-12H,10H2,1-4H3,(H,24,25)/b23-11+. The fourth-order valence-corrected chi connectivity index (χ4v) is 3.85. The number of hydrazone groups is 1. The predicted molar refractivity (Wildman–Crippen MR) is 113 cm³/mol. The van der Waals surface area contributed by atoms with Gasteiger partial charge in [-0.05, 0) is 88.4 Å². The molecule has 138 valence electrons. The largest absolute Gasteiger partial charge is 0.489 e. The van der Waals surface area contributed by atoms with Crippen molar-refractivity contribution in [2.45, 2.75) is 40.2 Å². The van der Waals surface area contributed by atoms with E-state index in [1.165, 1.54) is 5.56 Å². The Labute approximate surface area is 171 Å². The molecule has 0 bridgehead atoms. The minimum Gasteiger partial charge on any atom is -0.489 e. The first-order chi connectivity index (χ1) is 12.3. The van der Waals surface area contributed by atoms with Gasteiger partial charge in [-0.15, -0.1) is 0 Å². The summed E-state index contributed by atoms with van der Waals surface area (Å²) in [5.41, 5.74) is 6.71. The molecule has 0 spiro atoms. The highest BCUT2D eigenvalue weighted by Crippen LogP contribution is 2.35. The van der Waals surface area contributed by atoms with Gasteiger partial charge in [-0.25, -0.2) is 5.43 Å². The van der Waals surface area contributed by atoms with Gasteiger partial charge < -0.3 is 4.74 Å². The Bertz CT molecular complexity index is 810. The van der Waals surface area contributed by atoms with Crippen LogP contribution >= 0.6 is 31.9 Å². The molecule has 0 saturated carbocycles. The van der Waals surface area contributed by atoms with Crippen molar-refractivity contribution in [1.29, 1.82) is 0 Å². The number of carbonyl (C=O) groups is 1. The maximum atomic E-state index is 12.1. The van der Waals surface area contributed by atoms with Gasteiger partial charge in [0.1, 0.15) is 5.75 Å². The van der Waals surface area contributed by atoms with Gasteiger partial charge in [-0.1, -0.05) is 23.8 Å². The van der Waals surface area contributed by atoms with Crippen LogP contribution in [0, 0.1) is 13.8 Å². The second-order valence-corrected chi connectivity index (χ2v) is 8.09. The molecule has 2 rings (SSSR count). The molecule has 0 radical (unpaired) electrons. The molecule has 1 amide bonds. The van der Waals surface area contributed by atoms with Crippen molar-refractivity contribution in [3.63, 3.8) is 0 Å². The van der Waals surface area contributed by atoms with Crippen LogP contribution in [0.2, 0.25) is 0 Å². The van der Waals surface area contributed by atoms with Crippen molar-refractivity contribution in [2.75, 3.05) is 0 Å². The highest BCUT2D eigenvalue weighted by Gasteiger charge is 2.10. The van der Waals surface area contributed by atoms with E-state index in [0.717, 1.165) is 31.4 Å². The molecular formula is C20H22Br2N2O2. The summed E-state index contributed by atoms with van der Waals surface area (Å²) in [4.78, 5) is 12.1. The summed E-state index contributed by atoms with van der Waals surface area (Å²) >= 11 is 7.00. The first-order valence-electron chi connectivity index (χ1n) is 8.30. The molecule has 0 aliphatic heterocycles. The van der Waals surface area contributed by atoms with Crippen molar-refractivity contribution in [3.8, 4) is 5.75 Å². The SMILES string of the molecule is Cc1ccc(CC(=O)N/N=C/c2cc(Br)c(OC(C)C)c(Br)c2)c(C)c1. The topological polar surface area (TPSA) is 50.7 Å². The van der Waals surface area contributed by atoms with Gasteiger partial charge >= 0.3 is 0 Å². The number of ether oxygens (including phenoxy) is 1. The number of hydrogen-bond donors (Lipinski definition) is 1. The molecule has 0 unspecified atom stereocenters. The third kappa shape index (κ3) is 5.95. The average Bonchev–Trinajstić information content (AvgIpc) is 2.53. The molecule has 0 aliphatic carbocycles. The monoisotopic (exact) mass is 480 g/mol. The van der Waals surface area contributed by atoms with E-state index in [1.807, 2.05) is 52.0 Å². The van der Waals surface area contributed by atoms with Crippen LogP contribution in [0.4, 0.5) is 0 Å². The molecule has 0 aliphatic rings. The van der Waals surface area contributed by atoms with Gasteiger partial charge in [0.25, 0.3) is 0 Å². The first-order valence-corrected chi connectivity index (χ1v) is 9.88. The summed E-state index contributed by atoms with van der Waals surface area (Å²) in [7, 11) is 0. The van der Waals surface area contributed by atoms with E-state index < -0.39 is 0 Å². The Morgan fingerprint density at radius 3 is 2.42 bits per heavy atom. The van der Waals surface area contributed by atoms with Crippen LogP contribution in [0.15, 0.2) is 44.4 Å². The number of halogens is 2.